The van der Waals surface area contributed by atoms with Crippen molar-refractivity contribution in [3.05, 3.63) is 65.2 Å². The topological polar surface area (TPSA) is 84.5 Å². The average Bonchev–Trinajstić information content (AvgIpc) is 2.79. The number of hydrogen-bond acceptors (Lipinski definition) is 4. The lowest BCUT2D eigenvalue weighted by atomic mass is 9.67. The van der Waals surface area contributed by atoms with Gasteiger partial charge in [0, 0.05) is 5.69 Å². The first-order chi connectivity index (χ1) is 14.9. The minimum atomic E-state index is -0.504. The molecule has 1 saturated carbocycles. The zero-order valence-electron chi connectivity index (χ0n) is 18.2. The Kier molecular flexibility index (Phi) is 7.45. The van der Waals surface area contributed by atoms with Crippen molar-refractivity contribution in [1.82, 2.24) is 5.32 Å². The van der Waals surface area contributed by atoms with E-state index >= 15 is 0 Å². The fourth-order valence-electron chi connectivity index (χ4n) is 4.33. The minimum absolute atomic E-state index is 0.0325. The van der Waals surface area contributed by atoms with Crippen LogP contribution in [0.15, 0.2) is 48.5 Å². The SMILES string of the molecule is COC(=O)CNC(=O)Cc1ccc(NC(=O)C2(c3ccccc3C)CCCCC2)cc1. The zero-order chi connectivity index (χ0) is 22.3. The first kappa shape index (κ1) is 22.5. The molecule has 164 valence electrons. The molecule has 1 aliphatic carbocycles. The van der Waals surface area contributed by atoms with Crippen LogP contribution in [-0.2, 0) is 31.0 Å². The number of benzene rings is 2. The number of ether oxygens (including phenoxy) is 1. The minimum Gasteiger partial charge on any atom is -0.468 e. The second-order valence-electron chi connectivity index (χ2n) is 8.14. The highest BCUT2D eigenvalue weighted by Gasteiger charge is 2.41. The van der Waals surface area contributed by atoms with Crippen LogP contribution in [0.25, 0.3) is 0 Å². The number of methoxy groups -OCH3 is 1. The first-order valence-electron chi connectivity index (χ1n) is 10.7. The highest BCUT2D eigenvalue weighted by atomic mass is 16.5. The van der Waals surface area contributed by atoms with Crippen molar-refractivity contribution in [2.24, 2.45) is 0 Å². The van der Waals surface area contributed by atoms with Gasteiger partial charge in [0.15, 0.2) is 0 Å². The van der Waals surface area contributed by atoms with E-state index in [2.05, 4.69) is 34.4 Å². The largest absolute Gasteiger partial charge is 0.468 e. The Morgan fingerprint density at radius 1 is 0.968 bits per heavy atom. The number of rotatable bonds is 7. The van der Waals surface area contributed by atoms with E-state index in [0.717, 1.165) is 48.8 Å². The monoisotopic (exact) mass is 422 g/mol. The number of aryl methyl sites for hydroxylation is 1. The van der Waals surface area contributed by atoms with Crippen molar-refractivity contribution in [3.8, 4) is 0 Å². The van der Waals surface area contributed by atoms with Gasteiger partial charge < -0.3 is 15.4 Å². The Morgan fingerprint density at radius 3 is 2.29 bits per heavy atom. The van der Waals surface area contributed by atoms with Crippen molar-refractivity contribution < 1.29 is 19.1 Å². The maximum atomic E-state index is 13.5. The van der Waals surface area contributed by atoms with Crippen LogP contribution in [0.3, 0.4) is 0 Å². The summed E-state index contributed by atoms with van der Waals surface area (Å²) in [4.78, 5) is 36.5. The third-order valence-electron chi connectivity index (χ3n) is 6.04. The summed E-state index contributed by atoms with van der Waals surface area (Å²) >= 11 is 0. The van der Waals surface area contributed by atoms with E-state index in [1.807, 2.05) is 36.4 Å². The van der Waals surface area contributed by atoms with Gasteiger partial charge >= 0.3 is 5.97 Å². The maximum Gasteiger partial charge on any atom is 0.325 e. The van der Waals surface area contributed by atoms with E-state index in [1.54, 1.807) is 0 Å². The fraction of sp³-hybridized carbons (Fsp3) is 0.400. The van der Waals surface area contributed by atoms with E-state index in [0.29, 0.717) is 5.69 Å². The van der Waals surface area contributed by atoms with Gasteiger partial charge in [0.05, 0.1) is 18.9 Å². The number of nitrogens with one attached hydrogen (secondary N) is 2. The van der Waals surface area contributed by atoms with Gasteiger partial charge in [0.1, 0.15) is 6.54 Å². The van der Waals surface area contributed by atoms with Crippen LogP contribution in [0, 0.1) is 6.92 Å². The van der Waals surface area contributed by atoms with Gasteiger partial charge in [-0.25, -0.2) is 0 Å². The van der Waals surface area contributed by atoms with Crippen molar-refractivity contribution in [3.63, 3.8) is 0 Å². The third kappa shape index (κ3) is 5.51. The highest BCUT2D eigenvalue weighted by Crippen LogP contribution is 2.41. The summed E-state index contributed by atoms with van der Waals surface area (Å²) in [5.74, 6) is -0.718. The lowest BCUT2D eigenvalue weighted by Gasteiger charge is -2.37. The van der Waals surface area contributed by atoms with Gasteiger partial charge in [-0.15, -0.1) is 0 Å². The normalized spacial score (nSPS) is 15.0. The van der Waals surface area contributed by atoms with Gasteiger partial charge in [0.25, 0.3) is 0 Å². The molecule has 1 fully saturated rings. The number of anilines is 1. The summed E-state index contributed by atoms with van der Waals surface area (Å²) in [6, 6.07) is 15.4. The van der Waals surface area contributed by atoms with Crippen LogP contribution in [0.5, 0.6) is 0 Å². The molecule has 0 heterocycles. The predicted molar refractivity (Wildman–Crippen MR) is 120 cm³/mol. The summed E-state index contributed by atoms with van der Waals surface area (Å²) in [5, 5.41) is 5.62. The molecule has 0 unspecified atom stereocenters. The summed E-state index contributed by atoms with van der Waals surface area (Å²) < 4.78 is 4.51. The maximum absolute atomic E-state index is 13.5. The van der Waals surface area contributed by atoms with Crippen molar-refractivity contribution >= 4 is 23.5 Å². The lowest BCUT2D eigenvalue weighted by Crippen LogP contribution is -2.42. The van der Waals surface area contributed by atoms with E-state index in [-0.39, 0.29) is 24.8 Å². The Hall–Kier alpha value is -3.15. The molecule has 0 aliphatic heterocycles. The number of hydrogen-bond donors (Lipinski definition) is 2. The van der Waals surface area contributed by atoms with Crippen molar-refractivity contribution in [1.29, 1.82) is 0 Å². The van der Waals surface area contributed by atoms with Gasteiger partial charge in [-0.2, -0.15) is 0 Å². The molecular weight excluding hydrogens is 392 g/mol. The Balaban J connectivity index is 1.68. The number of esters is 1. The third-order valence-corrected chi connectivity index (χ3v) is 6.04. The molecule has 0 aromatic heterocycles. The number of carbonyl (C=O) groups is 3. The van der Waals surface area contributed by atoms with Crippen LogP contribution in [0.4, 0.5) is 5.69 Å². The number of amides is 2. The second-order valence-corrected chi connectivity index (χ2v) is 8.14. The molecule has 6 nitrogen and oxygen atoms in total. The van der Waals surface area contributed by atoms with E-state index in [4.69, 9.17) is 0 Å². The summed E-state index contributed by atoms with van der Waals surface area (Å²) in [6.45, 7) is 1.92. The molecular formula is C25H30N2O4. The van der Waals surface area contributed by atoms with Gasteiger partial charge in [-0.05, 0) is 48.6 Å². The van der Waals surface area contributed by atoms with Crippen LogP contribution in [0.2, 0.25) is 0 Å². The Morgan fingerprint density at radius 2 is 1.65 bits per heavy atom. The average molecular weight is 423 g/mol. The zero-order valence-corrected chi connectivity index (χ0v) is 18.2. The predicted octanol–water partition coefficient (Wildman–Crippen LogP) is 3.67. The molecule has 31 heavy (non-hydrogen) atoms. The molecule has 3 rings (SSSR count). The summed E-state index contributed by atoms with van der Waals surface area (Å²) in [7, 11) is 1.28. The van der Waals surface area contributed by atoms with Crippen LogP contribution >= 0.6 is 0 Å². The molecule has 2 N–H and O–H groups in total. The second kappa shape index (κ2) is 10.2. The number of carbonyl (C=O) groups excluding carboxylic acids is 3. The molecule has 6 heteroatoms. The molecule has 2 amide bonds. The van der Waals surface area contributed by atoms with Gasteiger partial charge in [0.2, 0.25) is 11.8 Å². The standard InChI is InChI=1S/C25H30N2O4/c1-18-8-4-5-9-21(18)25(14-6-3-7-15-25)24(30)27-20-12-10-19(11-13-20)16-22(28)26-17-23(29)31-2/h4-5,8-13H,3,6-7,14-17H2,1-2H3,(H,26,28)(H,27,30). The van der Waals surface area contributed by atoms with Crippen molar-refractivity contribution in [2.45, 2.75) is 50.9 Å². The molecule has 0 bridgehead atoms. The molecule has 0 spiro atoms. The molecule has 2 aromatic carbocycles. The van der Waals surface area contributed by atoms with Gasteiger partial charge in [-0.3, -0.25) is 14.4 Å². The van der Waals surface area contributed by atoms with E-state index in [9.17, 15) is 14.4 Å². The lowest BCUT2D eigenvalue weighted by molar-refractivity contribution is -0.141. The van der Waals surface area contributed by atoms with E-state index < -0.39 is 11.4 Å². The molecule has 0 atom stereocenters. The van der Waals surface area contributed by atoms with Crippen LogP contribution in [-0.4, -0.2) is 31.4 Å². The highest BCUT2D eigenvalue weighted by molar-refractivity contribution is 5.99. The molecule has 2 aromatic rings. The van der Waals surface area contributed by atoms with Crippen LogP contribution in [0.1, 0.15) is 48.8 Å². The molecule has 0 radical (unpaired) electrons. The molecule has 0 saturated heterocycles. The fourth-order valence-corrected chi connectivity index (χ4v) is 4.33. The van der Waals surface area contributed by atoms with Crippen LogP contribution < -0.4 is 10.6 Å². The first-order valence-corrected chi connectivity index (χ1v) is 10.7. The molecule has 1 aliphatic rings. The summed E-state index contributed by atoms with van der Waals surface area (Å²) in [5.41, 5.74) is 3.27. The quantitative estimate of drug-likeness (QED) is 0.667. The smallest absolute Gasteiger partial charge is 0.325 e. The summed E-state index contributed by atoms with van der Waals surface area (Å²) in [6.07, 6.45) is 5.10. The Bertz CT molecular complexity index is 931. The van der Waals surface area contributed by atoms with E-state index in [1.165, 1.54) is 7.11 Å². The van der Waals surface area contributed by atoms with Gasteiger partial charge in [-0.1, -0.05) is 55.7 Å². The Labute approximate surface area is 183 Å². The van der Waals surface area contributed by atoms with Crippen molar-refractivity contribution in [2.75, 3.05) is 19.0 Å².